The maximum atomic E-state index is 10.5. The van der Waals surface area contributed by atoms with E-state index in [1.54, 1.807) is 0 Å². The van der Waals surface area contributed by atoms with E-state index in [1.807, 2.05) is 0 Å². The molecule has 1 aliphatic rings. The molecule has 1 fully saturated rings. The minimum absolute atomic E-state index is 0. The maximum Gasteiger partial charge on any atom is 0.220 e. The molecule has 1 rings (SSSR count). The number of nitrogens with one attached hydrogen (secondary N) is 1. The first-order valence-corrected chi connectivity index (χ1v) is 3.62. The van der Waals surface area contributed by atoms with E-state index in [0.29, 0.717) is 6.04 Å². The lowest BCUT2D eigenvalue weighted by Gasteiger charge is -2.02. The largest absolute Gasteiger partial charge is 0.353 e. The second-order valence-electron chi connectivity index (χ2n) is 2.21. The van der Waals surface area contributed by atoms with Gasteiger partial charge in [0.1, 0.15) is 0 Å². The lowest BCUT2D eigenvalue weighted by Crippen LogP contribution is -2.23. The highest BCUT2D eigenvalue weighted by Crippen LogP contribution is 2.08. The summed E-state index contributed by atoms with van der Waals surface area (Å²) in [7, 11) is 0. The van der Waals surface area contributed by atoms with Crippen LogP contribution in [0.15, 0.2) is 13.2 Å². The molecular weight excluding hydrogens is 138 g/mol. The number of carbonyl (C=O) groups excluding carboxylic acids is 1. The molecule has 1 amide bonds. The highest BCUT2D eigenvalue weighted by Gasteiger charge is 2.17. The van der Waals surface area contributed by atoms with E-state index in [1.165, 1.54) is 0 Å². The maximum absolute atomic E-state index is 10.5. The average molecular weight is 157 g/mol. The zero-order valence-electron chi connectivity index (χ0n) is 6.52. The Morgan fingerprint density at radius 1 is 1.64 bits per heavy atom. The standard InChI is InChI=1S/C6H11NO.C2H4.CH4/c1-2-5-3-4-6(8)7-5;1-2;/h5H,2-4H2,1H3,(H,7,8);1-2H2;1H4/t5-;;/m1../s1. The van der Waals surface area contributed by atoms with Crippen molar-refractivity contribution in [3.8, 4) is 0 Å². The molecule has 0 aromatic rings. The van der Waals surface area contributed by atoms with Gasteiger partial charge in [0.25, 0.3) is 0 Å². The van der Waals surface area contributed by atoms with Crippen molar-refractivity contribution in [3.05, 3.63) is 13.2 Å². The molecule has 0 aromatic carbocycles. The topological polar surface area (TPSA) is 29.1 Å². The highest BCUT2D eigenvalue weighted by atomic mass is 16.1. The van der Waals surface area contributed by atoms with Crippen molar-refractivity contribution in [2.24, 2.45) is 0 Å². The van der Waals surface area contributed by atoms with E-state index in [-0.39, 0.29) is 13.3 Å². The number of hydrogen-bond donors (Lipinski definition) is 1. The van der Waals surface area contributed by atoms with Crippen molar-refractivity contribution in [1.29, 1.82) is 0 Å². The van der Waals surface area contributed by atoms with Crippen LogP contribution in [0.5, 0.6) is 0 Å². The van der Waals surface area contributed by atoms with Gasteiger partial charge in [-0.25, -0.2) is 0 Å². The molecule has 1 aliphatic heterocycles. The predicted octanol–water partition coefficient (Wildman–Crippen LogP) is 2.11. The van der Waals surface area contributed by atoms with Gasteiger partial charge in [0, 0.05) is 12.5 Å². The van der Waals surface area contributed by atoms with Crippen LogP contribution in [0.3, 0.4) is 0 Å². The Kier molecular flexibility index (Phi) is 8.55. The van der Waals surface area contributed by atoms with E-state index in [2.05, 4.69) is 25.4 Å². The van der Waals surface area contributed by atoms with Crippen LogP contribution < -0.4 is 5.32 Å². The number of hydrogen-bond acceptors (Lipinski definition) is 1. The molecule has 0 aliphatic carbocycles. The predicted molar refractivity (Wildman–Crippen MR) is 49.4 cm³/mol. The molecule has 2 heteroatoms. The third-order valence-electron chi connectivity index (χ3n) is 1.58. The first kappa shape index (κ1) is 12.8. The molecule has 1 N–H and O–H groups in total. The number of carbonyl (C=O) groups is 1. The van der Waals surface area contributed by atoms with Crippen LogP contribution in [0.4, 0.5) is 0 Å². The molecule has 1 atom stereocenters. The minimum Gasteiger partial charge on any atom is -0.353 e. The Bertz CT molecular complexity index is 112. The van der Waals surface area contributed by atoms with Crippen LogP contribution in [0.2, 0.25) is 0 Å². The van der Waals surface area contributed by atoms with Crippen molar-refractivity contribution < 1.29 is 4.79 Å². The summed E-state index contributed by atoms with van der Waals surface area (Å²) >= 11 is 0. The third kappa shape index (κ3) is 4.59. The van der Waals surface area contributed by atoms with Gasteiger partial charge in [-0.15, -0.1) is 13.2 Å². The summed E-state index contributed by atoms with van der Waals surface area (Å²) in [4.78, 5) is 10.5. The van der Waals surface area contributed by atoms with Crippen LogP contribution in [0, 0.1) is 0 Å². The smallest absolute Gasteiger partial charge is 0.220 e. The van der Waals surface area contributed by atoms with Gasteiger partial charge in [0.05, 0.1) is 0 Å². The van der Waals surface area contributed by atoms with Gasteiger partial charge in [-0.05, 0) is 12.8 Å². The van der Waals surface area contributed by atoms with E-state index in [4.69, 9.17) is 0 Å². The Hall–Kier alpha value is -0.790. The van der Waals surface area contributed by atoms with Crippen LogP contribution in [0.1, 0.15) is 33.6 Å². The Morgan fingerprint density at radius 2 is 2.18 bits per heavy atom. The van der Waals surface area contributed by atoms with Crippen LogP contribution >= 0.6 is 0 Å². The van der Waals surface area contributed by atoms with Gasteiger partial charge in [-0.2, -0.15) is 0 Å². The van der Waals surface area contributed by atoms with Crippen molar-refractivity contribution in [1.82, 2.24) is 5.32 Å². The lowest BCUT2D eigenvalue weighted by atomic mass is 10.2. The number of amides is 1. The normalized spacial score (nSPS) is 20.8. The van der Waals surface area contributed by atoms with Gasteiger partial charge in [-0.3, -0.25) is 4.79 Å². The molecule has 0 bridgehead atoms. The molecule has 0 aromatic heterocycles. The van der Waals surface area contributed by atoms with Crippen molar-refractivity contribution in [3.63, 3.8) is 0 Å². The van der Waals surface area contributed by atoms with E-state index < -0.39 is 0 Å². The minimum atomic E-state index is 0. The summed E-state index contributed by atoms with van der Waals surface area (Å²) in [5, 5.41) is 2.86. The van der Waals surface area contributed by atoms with Gasteiger partial charge in [0.15, 0.2) is 0 Å². The summed E-state index contributed by atoms with van der Waals surface area (Å²) in [6, 6.07) is 0.475. The summed E-state index contributed by atoms with van der Waals surface area (Å²) < 4.78 is 0. The van der Waals surface area contributed by atoms with E-state index >= 15 is 0 Å². The number of rotatable bonds is 1. The summed E-state index contributed by atoms with van der Waals surface area (Å²) in [6.07, 6.45) is 2.85. The van der Waals surface area contributed by atoms with Gasteiger partial charge >= 0.3 is 0 Å². The lowest BCUT2D eigenvalue weighted by molar-refractivity contribution is -0.119. The zero-order valence-corrected chi connectivity index (χ0v) is 6.52. The Morgan fingerprint density at radius 3 is 2.36 bits per heavy atom. The zero-order chi connectivity index (χ0) is 7.98. The van der Waals surface area contributed by atoms with Crippen molar-refractivity contribution in [2.45, 2.75) is 39.7 Å². The highest BCUT2D eigenvalue weighted by molar-refractivity contribution is 5.78. The quantitative estimate of drug-likeness (QED) is 0.580. The fraction of sp³-hybridized carbons (Fsp3) is 0.667. The second-order valence-corrected chi connectivity index (χ2v) is 2.21. The molecule has 1 heterocycles. The molecule has 0 spiro atoms. The summed E-state index contributed by atoms with van der Waals surface area (Å²) in [6.45, 7) is 8.09. The SMILES string of the molecule is C.C=C.CC[C@@H]1CCC(=O)N1. The van der Waals surface area contributed by atoms with Crippen LogP contribution in [-0.2, 0) is 4.79 Å². The van der Waals surface area contributed by atoms with Gasteiger partial charge in [-0.1, -0.05) is 14.4 Å². The fourth-order valence-corrected chi connectivity index (χ4v) is 0.984. The van der Waals surface area contributed by atoms with E-state index in [9.17, 15) is 4.79 Å². The fourth-order valence-electron chi connectivity index (χ4n) is 0.984. The molecule has 66 valence electrons. The van der Waals surface area contributed by atoms with Crippen LogP contribution in [-0.4, -0.2) is 11.9 Å². The van der Waals surface area contributed by atoms with Crippen LogP contribution in [0.25, 0.3) is 0 Å². The first-order valence-electron chi connectivity index (χ1n) is 3.62. The molecule has 0 radical (unpaired) electrons. The molecule has 2 nitrogen and oxygen atoms in total. The van der Waals surface area contributed by atoms with Gasteiger partial charge in [0.2, 0.25) is 5.91 Å². The van der Waals surface area contributed by atoms with Crippen molar-refractivity contribution >= 4 is 5.91 Å². The van der Waals surface area contributed by atoms with E-state index in [0.717, 1.165) is 19.3 Å². The molecular formula is C9H19NO. The Labute approximate surface area is 69.7 Å². The first-order chi connectivity index (χ1) is 4.83. The molecule has 0 unspecified atom stereocenters. The molecule has 1 saturated heterocycles. The summed E-state index contributed by atoms with van der Waals surface area (Å²) in [5.74, 6) is 0.219. The molecule has 0 saturated carbocycles. The second kappa shape index (κ2) is 7.32. The van der Waals surface area contributed by atoms with Crippen molar-refractivity contribution in [2.75, 3.05) is 0 Å². The molecule has 11 heavy (non-hydrogen) atoms. The van der Waals surface area contributed by atoms with Gasteiger partial charge < -0.3 is 5.32 Å². The Balaban J connectivity index is 0. The average Bonchev–Trinajstić information content (AvgIpc) is 2.40. The third-order valence-corrected chi connectivity index (χ3v) is 1.58. The monoisotopic (exact) mass is 157 g/mol. The summed E-state index contributed by atoms with van der Waals surface area (Å²) in [5.41, 5.74) is 0.